The number of nitrogens with one attached hydrogen (secondary N) is 1. The van der Waals surface area contributed by atoms with Crippen LogP contribution in [0, 0.1) is 0 Å². The highest BCUT2D eigenvalue weighted by Gasteiger charge is 2.19. The van der Waals surface area contributed by atoms with Gasteiger partial charge in [-0.05, 0) is 56.8 Å². The number of carbonyl (C=O) groups excluding carboxylic acids is 1. The molecule has 158 valence electrons. The van der Waals surface area contributed by atoms with E-state index in [1.807, 2.05) is 37.1 Å². The van der Waals surface area contributed by atoms with Crippen molar-refractivity contribution in [3.05, 3.63) is 48.0 Å². The van der Waals surface area contributed by atoms with Gasteiger partial charge in [0.1, 0.15) is 0 Å². The molecule has 9 heteroatoms. The van der Waals surface area contributed by atoms with E-state index in [0.717, 1.165) is 5.56 Å². The van der Waals surface area contributed by atoms with Crippen molar-refractivity contribution in [1.82, 2.24) is 4.90 Å². The number of methoxy groups -OCH3 is 1. The van der Waals surface area contributed by atoms with Crippen LogP contribution >= 0.6 is 0 Å². The molecule has 0 unspecified atom stereocenters. The van der Waals surface area contributed by atoms with Crippen molar-refractivity contribution >= 4 is 21.6 Å². The Balaban J connectivity index is 2.06. The number of sulfonamides is 1. The van der Waals surface area contributed by atoms with Gasteiger partial charge in [-0.3, -0.25) is 9.69 Å². The highest BCUT2D eigenvalue weighted by Crippen LogP contribution is 2.28. The molecule has 2 aromatic rings. The minimum atomic E-state index is -3.84. The molecule has 1 atom stereocenters. The van der Waals surface area contributed by atoms with Crippen molar-refractivity contribution in [2.24, 2.45) is 5.14 Å². The van der Waals surface area contributed by atoms with Crippen molar-refractivity contribution < 1.29 is 22.7 Å². The Morgan fingerprint density at radius 1 is 1.21 bits per heavy atom. The third-order valence-electron chi connectivity index (χ3n) is 4.43. The SMILES string of the molecule is CCOc1ccc(CN(C)[C@@H](C)C(=O)Nc2cccc(S(N)(=O)=O)c2)cc1OC. The van der Waals surface area contributed by atoms with Crippen LogP contribution < -0.4 is 19.9 Å². The summed E-state index contributed by atoms with van der Waals surface area (Å²) in [6.45, 7) is 4.72. The number of benzene rings is 2. The maximum absolute atomic E-state index is 12.6. The number of hydrogen-bond donors (Lipinski definition) is 2. The van der Waals surface area contributed by atoms with Crippen molar-refractivity contribution in [1.29, 1.82) is 0 Å². The van der Waals surface area contributed by atoms with Gasteiger partial charge < -0.3 is 14.8 Å². The number of nitrogens with zero attached hydrogens (tertiary/aromatic N) is 1. The number of carbonyl (C=O) groups is 1. The minimum Gasteiger partial charge on any atom is -0.493 e. The van der Waals surface area contributed by atoms with Gasteiger partial charge in [-0.25, -0.2) is 13.6 Å². The summed E-state index contributed by atoms with van der Waals surface area (Å²) in [6.07, 6.45) is 0. The lowest BCUT2D eigenvalue weighted by atomic mass is 10.1. The Labute approximate surface area is 171 Å². The summed E-state index contributed by atoms with van der Waals surface area (Å²) in [5.74, 6) is 1.04. The maximum Gasteiger partial charge on any atom is 0.241 e. The van der Waals surface area contributed by atoms with E-state index >= 15 is 0 Å². The smallest absolute Gasteiger partial charge is 0.241 e. The summed E-state index contributed by atoms with van der Waals surface area (Å²) in [4.78, 5) is 14.4. The third kappa shape index (κ3) is 6.18. The molecule has 8 nitrogen and oxygen atoms in total. The Morgan fingerprint density at radius 2 is 1.93 bits per heavy atom. The number of likely N-dealkylation sites (N-methyl/N-ethyl adjacent to an activating group) is 1. The van der Waals surface area contributed by atoms with E-state index in [1.165, 1.54) is 18.2 Å². The van der Waals surface area contributed by atoms with E-state index in [9.17, 15) is 13.2 Å². The van der Waals surface area contributed by atoms with Crippen molar-refractivity contribution in [2.45, 2.75) is 31.3 Å². The van der Waals surface area contributed by atoms with Gasteiger partial charge in [0, 0.05) is 12.2 Å². The zero-order valence-electron chi connectivity index (χ0n) is 17.0. The van der Waals surface area contributed by atoms with Crippen LogP contribution in [0.3, 0.4) is 0 Å². The van der Waals surface area contributed by atoms with Gasteiger partial charge in [0.25, 0.3) is 0 Å². The van der Waals surface area contributed by atoms with Crippen molar-refractivity contribution in [3.63, 3.8) is 0 Å². The van der Waals surface area contributed by atoms with Crippen LogP contribution in [0.25, 0.3) is 0 Å². The van der Waals surface area contributed by atoms with E-state index in [4.69, 9.17) is 14.6 Å². The lowest BCUT2D eigenvalue weighted by Crippen LogP contribution is -2.39. The molecule has 0 heterocycles. The molecule has 3 N–H and O–H groups in total. The van der Waals surface area contributed by atoms with Crippen LogP contribution in [0.1, 0.15) is 19.4 Å². The molecular formula is C20H27N3O5S. The Hall–Kier alpha value is -2.62. The molecule has 0 aromatic heterocycles. The molecular weight excluding hydrogens is 394 g/mol. The maximum atomic E-state index is 12.6. The molecule has 0 fully saturated rings. The summed E-state index contributed by atoms with van der Waals surface area (Å²) >= 11 is 0. The second kappa shape index (κ2) is 9.73. The van der Waals surface area contributed by atoms with Crippen molar-refractivity contribution in [3.8, 4) is 11.5 Å². The first kappa shape index (κ1) is 22.7. The molecule has 1 amide bonds. The topological polar surface area (TPSA) is 111 Å². The first-order valence-electron chi connectivity index (χ1n) is 9.09. The number of ether oxygens (including phenoxy) is 2. The number of amides is 1. The van der Waals surface area contributed by atoms with Crippen LogP contribution in [-0.4, -0.2) is 46.0 Å². The fourth-order valence-electron chi connectivity index (χ4n) is 2.71. The molecule has 0 aliphatic rings. The highest BCUT2D eigenvalue weighted by molar-refractivity contribution is 7.89. The normalized spacial score (nSPS) is 12.5. The summed E-state index contributed by atoms with van der Waals surface area (Å²) in [5, 5.41) is 7.86. The average molecular weight is 422 g/mol. The first-order chi connectivity index (χ1) is 13.7. The Kier molecular flexibility index (Phi) is 7.60. The van der Waals surface area contributed by atoms with Crippen LogP contribution in [0.5, 0.6) is 11.5 Å². The summed E-state index contributed by atoms with van der Waals surface area (Å²) in [7, 11) is -0.429. The highest BCUT2D eigenvalue weighted by atomic mass is 32.2. The van der Waals surface area contributed by atoms with Gasteiger partial charge in [0.15, 0.2) is 11.5 Å². The van der Waals surface area contributed by atoms with Gasteiger partial charge in [-0.15, -0.1) is 0 Å². The van der Waals surface area contributed by atoms with E-state index in [0.29, 0.717) is 30.3 Å². The predicted molar refractivity (Wildman–Crippen MR) is 112 cm³/mol. The number of anilines is 1. The number of nitrogens with two attached hydrogens (primary N) is 1. The van der Waals surface area contributed by atoms with E-state index < -0.39 is 16.1 Å². The Bertz CT molecular complexity index is 962. The van der Waals surface area contributed by atoms with Gasteiger partial charge >= 0.3 is 0 Å². The second-order valence-corrected chi connectivity index (χ2v) is 8.13. The van der Waals surface area contributed by atoms with E-state index in [-0.39, 0.29) is 10.8 Å². The summed E-state index contributed by atoms with van der Waals surface area (Å²) in [5.41, 5.74) is 1.33. The predicted octanol–water partition coefficient (Wildman–Crippen LogP) is 2.20. The third-order valence-corrected chi connectivity index (χ3v) is 5.34. The van der Waals surface area contributed by atoms with Crippen LogP contribution in [-0.2, 0) is 21.4 Å². The van der Waals surface area contributed by atoms with Gasteiger partial charge in [-0.2, -0.15) is 0 Å². The first-order valence-corrected chi connectivity index (χ1v) is 10.6. The number of rotatable bonds is 9. The van der Waals surface area contributed by atoms with Crippen LogP contribution in [0.15, 0.2) is 47.4 Å². The van der Waals surface area contributed by atoms with Crippen LogP contribution in [0.4, 0.5) is 5.69 Å². The Morgan fingerprint density at radius 3 is 2.55 bits per heavy atom. The van der Waals surface area contributed by atoms with Crippen LogP contribution in [0.2, 0.25) is 0 Å². The molecule has 0 radical (unpaired) electrons. The fourth-order valence-corrected chi connectivity index (χ4v) is 3.27. The lowest BCUT2D eigenvalue weighted by Gasteiger charge is -2.24. The molecule has 2 rings (SSSR count). The quantitative estimate of drug-likeness (QED) is 0.642. The molecule has 0 saturated heterocycles. The molecule has 0 bridgehead atoms. The van der Waals surface area contributed by atoms with Gasteiger partial charge in [0.2, 0.25) is 15.9 Å². The fraction of sp³-hybridized carbons (Fsp3) is 0.350. The van der Waals surface area contributed by atoms with Crippen molar-refractivity contribution in [2.75, 3.05) is 26.1 Å². The zero-order chi connectivity index (χ0) is 21.6. The van der Waals surface area contributed by atoms with Gasteiger partial charge in [-0.1, -0.05) is 12.1 Å². The largest absolute Gasteiger partial charge is 0.493 e. The molecule has 0 spiro atoms. The van der Waals surface area contributed by atoms with E-state index in [1.54, 1.807) is 20.1 Å². The lowest BCUT2D eigenvalue weighted by molar-refractivity contribution is -0.120. The molecule has 2 aromatic carbocycles. The second-order valence-electron chi connectivity index (χ2n) is 6.57. The standard InChI is InChI=1S/C20H27N3O5S/c1-5-28-18-10-9-15(11-19(18)27-4)13-23(3)14(2)20(24)22-16-7-6-8-17(12-16)29(21,25)26/h6-12,14H,5,13H2,1-4H3,(H,22,24)(H2,21,25,26)/t14-/m0/s1. The number of hydrogen-bond acceptors (Lipinski definition) is 6. The zero-order valence-corrected chi connectivity index (χ0v) is 17.8. The monoisotopic (exact) mass is 421 g/mol. The minimum absolute atomic E-state index is 0.0576. The summed E-state index contributed by atoms with van der Waals surface area (Å²) in [6, 6.07) is 11.0. The summed E-state index contributed by atoms with van der Waals surface area (Å²) < 4.78 is 33.8. The molecule has 0 aliphatic heterocycles. The average Bonchev–Trinajstić information content (AvgIpc) is 2.68. The molecule has 29 heavy (non-hydrogen) atoms. The molecule has 0 aliphatic carbocycles. The van der Waals surface area contributed by atoms with E-state index in [2.05, 4.69) is 5.32 Å². The number of primary sulfonamides is 1. The van der Waals surface area contributed by atoms with Gasteiger partial charge in [0.05, 0.1) is 24.7 Å². The molecule has 0 saturated carbocycles.